The molecule has 3 unspecified atom stereocenters. The third kappa shape index (κ3) is 5.78. The number of ether oxygens (including phenoxy) is 3. The van der Waals surface area contributed by atoms with Crippen molar-refractivity contribution in [2.24, 2.45) is 0 Å². The molecule has 2 aromatic rings. The third-order valence-corrected chi connectivity index (χ3v) is 8.15. The second kappa shape index (κ2) is 10.5. The van der Waals surface area contributed by atoms with Crippen LogP contribution >= 0.6 is 0 Å². The first-order chi connectivity index (χ1) is 16.7. The van der Waals surface area contributed by atoms with Crippen LogP contribution in [-0.4, -0.2) is 82.2 Å². The monoisotopic (exact) mass is 503 g/mol. The molecule has 2 saturated heterocycles. The van der Waals surface area contributed by atoms with Crippen LogP contribution in [0.2, 0.25) is 0 Å². The summed E-state index contributed by atoms with van der Waals surface area (Å²) in [5.74, 6) is 0.435. The number of amides is 1. The third-order valence-electron chi connectivity index (χ3n) is 6.60. The van der Waals surface area contributed by atoms with Crippen molar-refractivity contribution in [1.82, 2.24) is 9.21 Å². The van der Waals surface area contributed by atoms with Gasteiger partial charge in [-0.3, -0.25) is 9.52 Å². The van der Waals surface area contributed by atoms with Crippen molar-refractivity contribution in [3.63, 3.8) is 0 Å². The summed E-state index contributed by atoms with van der Waals surface area (Å²) in [6.45, 7) is 5.61. The van der Waals surface area contributed by atoms with Gasteiger partial charge in [0.25, 0.3) is 5.91 Å². The minimum absolute atomic E-state index is 0.0557. The SMILES string of the molecule is COC1CN(C(=O)c2cc(C)ccc2C)CC1Oc1cccc(NS(=O)(=O)N(C)C2CCOC2)c1. The molecular weight excluding hydrogens is 470 g/mol. The van der Waals surface area contributed by atoms with E-state index in [0.29, 0.717) is 49.7 Å². The number of anilines is 1. The highest BCUT2D eigenvalue weighted by Crippen LogP contribution is 2.26. The number of nitrogens with zero attached hydrogens (tertiary/aromatic N) is 2. The summed E-state index contributed by atoms with van der Waals surface area (Å²) in [5, 5.41) is 0. The highest BCUT2D eigenvalue weighted by Gasteiger charge is 2.38. The summed E-state index contributed by atoms with van der Waals surface area (Å²) >= 11 is 0. The molecule has 0 radical (unpaired) electrons. The van der Waals surface area contributed by atoms with Crippen molar-refractivity contribution in [2.75, 3.05) is 45.2 Å². The molecule has 0 aliphatic carbocycles. The number of carbonyl (C=O) groups excluding carboxylic acids is 1. The average Bonchev–Trinajstić information content (AvgIpc) is 3.50. The van der Waals surface area contributed by atoms with Crippen molar-refractivity contribution >= 4 is 21.8 Å². The van der Waals surface area contributed by atoms with Gasteiger partial charge in [0.2, 0.25) is 0 Å². The summed E-state index contributed by atoms with van der Waals surface area (Å²) < 4.78 is 46.6. The smallest absolute Gasteiger partial charge is 0.301 e. The quantitative estimate of drug-likeness (QED) is 0.595. The van der Waals surface area contributed by atoms with E-state index in [0.717, 1.165) is 11.1 Å². The second-order valence-corrected chi connectivity index (χ2v) is 10.9. The standard InChI is InChI=1S/C25H33N3O6S/c1-17-8-9-18(2)22(12-17)25(29)28-14-23(32-4)24(15-28)34-21-7-5-6-19(13-21)26-35(30,31)27(3)20-10-11-33-16-20/h5-9,12-13,20,23-24,26H,10-11,14-16H2,1-4H3. The number of nitrogens with one attached hydrogen (secondary N) is 1. The van der Waals surface area contributed by atoms with Crippen molar-refractivity contribution in [2.45, 2.75) is 38.5 Å². The fraction of sp³-hybridized carbons (Fsp3) is 0.480. The fourth-order valence-electron chi connectivity index (χ4n) is 4.42. The van der Waals surface area contributed by atoms with Gasteiger partial charge in [-0.25, -0.2) is 0 Å². The van der Waals surface area contributed by atoms with Crippen LogP contribution in [0, 0.1) is 13.8 Å². The number of hydrogen-bond acceptors (Lipinski definition) is 6. The molecule has 2 fully saturated rings. The van der Waals surface area contributed by atoms with Gasteiger partial charge in [0.1, 0.15) is 18.0 Å². The lowest BCUT2D eigenvalue weighted by Crippen LogP contribution is -2.40. The Labute approximate surface area is 207 Å². The van der Waals surface area contributed by atoms with Crippen molar-refractivity contribution in [3.8, 4) is 5.75 Å². The minimum atomic E-state index is -3.74. The molecule has 4 rings (SSSR count). The van der Waals surface area contributed by atoms with Crippen LogP contribution in [0.5, 0.6) is 5.75 Å². The Morgan fingerprint density at radius 1 is 1.14 bits per heavy atom. The number of aryl methyl sites for hydroxylation is 2. The lowest BCUT2D eigenvalue weighted by molar-refractivity contribution is 0.0340. The van der Waals surface area contributed by atoms with Gasteiger partial charge in [-0.05, 0) is 44.0 Å². The second-order valence-electron chi connectivity index (χ2n) is 9.13. The van der Waals surface area contributed by atoms with Gasteiger partial charge in [-0.1, -0.05) is 23.8 Å². The molecule has 0 saturated carbocycles. The fourth-order valence-corrected chi connectivity index (χ4v) is 5.55. The van der Waals surface area contributed by atoms with Gasteiger partial charge < -0.3 is 19.1 Å². The van der Waals surface area contributed by atoms with Gasteiger partial charge in [0.05, 0.1) is 31.4 Å². The number of hydrogen-bond donors (Lipinski definition) is 1. The zero-order chi connectivity index (χ0) is 25.2. The van der Waals surface area contributed by atoms with Crippen LogP contribution in [0.4, 0.5) is 5.69 Å². The van der Waals surface area contributed by atoms with E-state index >= 15 is 0 Å². The van der Waals surface area contributed by atoms with Crippen molar-refractivity contribution < 1.29 is 27.4 Å². The number of carbonyl (C=O) groups is 1. The Morgan fingerprint density at radius 2 is 1.91 bits per heavy atom. The summed E-state index contributed by atoms with van der Waals surface area (Å²) in [4.78, 5) is 14.9. The molecule has 2 aliphatic heterocycles. The summed E-state index contributed by atoms with van der Waals surface area (Å²) in [6.07, 6.45) is -0.0325. The Kier molecular flexibility index (Phi) is 7.65. The molecule has 3 atom stereocenters. The van der Waals surface area contributed by atoms with E-state index in [4.69, 9.17) is 14.2 Å². The highest BCUT2D eigenvalue weighted by atomic mass is 32.2. The number of likely N-dealkylation sites (N-methyl/N-ethyl adjacent to an activating group) is 1. The summed E-state index contributed by atoms with van der Waals surface area (Å²) in [7, 11) is -0.600. The van der Waals surface area contributed by atoms with Crippen LogP contribution < -0.4 is 9.46 Å². The van der Waals surface area contributed by atoms with E-state index in [9.17, 15) is 13.2 Å². The van der Waals surface area contributed by atoms with E-state index in [1.807, 2.05) is 32.0 Å². The Bertz CT molecular complexity index is 1170. The zero-order valence-corrected chi connectivity index (χ0v) is 21.4. The molecule has 2 aliphatic rings. The van der Waals surface area contributed by atoms with E-state index in [1.165, 1.54) is 4.31 Å². The van der Waals surface area contributed by atoms with Gasteiger partial charge >= 0.3 is 10.2 Å². The molecule has 0 bridgehead atoms. The molecule has 2 heterocycles. The number of benzene rings is 2. The largest absolute Gasteiger partial charge is 0.486 e. The van der Waals surface area contributed by atoms with Crippen LogP contribution in [0.3, 0.4) is 0 Å². The van der Waals surface area contributed by atoms with Crippen LogP contribution in [0.15, 0.2) is 42.5 Å². The van der Waals surface area contributed by atoms with E-state index < -0.39 is 10.2 Å². The summed E-state index contributed by atoms with van der Waals surface area (Å²) in [6, 6.07) is 12.4. The predicted octanol–water partition coefficient (Wildman–Crippen LogP) is 2.60. The molecule has 9 nitrogen and oxygen atoms in total. The van der Waals surface area contributed by atoms with Crippen molar-refractivity contribution in [3.05, 3.63) is 59.2 Å². The van der Waals surface area contributed by atoms with Crippen molar-refractivity contribution in [1.29, 1.82) is 0 Å². The molecule has 1 amide bonds. The van der Waals surface area contributed by atoms with E-state index in [-0.39, 0.29) is 24.2 Å². The molecule has 35 heavy (non-hydrogen) atoms. The molecule has 0 spiro atoms. The van der Waals surface area contributed by atoms with E-state index in [2.05, 4.69) is 4.72 Å². The molecule has 0 aromatic heterocycles. The van der Waals surface area contributed by atoms with Gasteiger partial charge in [0.15, 0.2) is 0 Å². The Morgan fingerprint density at radius 3 is 2.63 bits per heavy atom. The Balaban J connectivity index is 1.44. The molecule has 2 aromatic carbocycles. The Hall–Kier alpha value is -2.66. The number of likely N-dealkylation sites (tertiary alicyclic amines) is 1. The number of methoxy groups -OCH3 is 1. The maximum absolute atomic E-state index is 13.2. The lowest BCUT2D eigenvalue weighted by atomic mass is 10.0. The first kappa shape index (κ1) is 25.4. The summed E-state index contributed by atoms with van der Waals surface area (Å²) in [5.41, 5.74) is 3.02. The lowest BCUT2D eigenvalue weighted by Gasteiger charge is -2.23. The maximum atomic E-state index is 13.2. The predicted molar refractivity (Wildman–Crippen MR) is 133 cm³/mol. The molecule has 1 N–H and O–H groups in total. The zero-order valence-electron chi connectivity index (χ0n) is 20.6. The average molecular weight is 504 g/mol. The highest BCUT2D eigenvalue weighted by molar-refractivity contribution is 7.90. The van der Waals surface area contributed by atoms with Crippen LogP contribution in [0.25, 0.3) is 0 Å². The normalized spacial score (nSPS) is 22.5. The molecule has 10 heteroatoms. The van der Waals surface area contributed by atoms with Gasteiger partial charge in [-0.2, -0.15) is 12.7 Å². The van der Waals surface area contributed by atoms with E-state index in [1.54, 1.807) is 43.3 Å². The maximum Gasteiger partial charge on any atom is 0.301 e. The molecular formula is C25H33N3O6S. The number of rotatable bonds is 8. The van der Waals surface area contributed by atoms with Gasteiger partial charge in [-0.15, -0.1) is 0 Å². The first-order valence-electron chi connectivity index (χ1n) is 11.7. The minimum Gasteiger partial charge on any atom is -0.486 e. The topological polar surface area (TPSA) is 97.4 Å². The van der Waals surface area contributed by atoms with Crippen LogP contribution in [-0.2, 0) is 19.7 Å². The molecule has 190 valence electrons. The first-order valence-corrected chi connectivity index (χ1v) is 13.1. The van der Waals surface area contributed by atoms with Crippen LogP contribution in [0.1, 0.15) is 27.9 Å². The van der Waals surface area contributed by atoms with Gasteiger partial charge in [0, 0.05) is 32.4 Å².